The van der Waals surface area contributed by atoms with Gasteiger partial charge in [0.05, 0.1) is 25.3 Å². The normalized spacial score (nSPS) is 12.4. The first-order chi connectivity index (χ1) is 16.9. The molecule has 0 saturated heterocycles. The summed E-state index contributed by atoms with van der Waals surface area (Å²) in [7, 11) is -3.17. The number of hydrogen-bond donors (Lipinski definition) is 2. The number of alkyl halides is 3. The number of rotatable bonds is 12. The Balaban J connectivity index is 2.05. The Bertz CT molecular complexity index is 1190. The number of nitrogens with zero attached hydrogens (tertiary/aromatic N) is 3. The molecule has 1 unspecified atom stereocenters. The van der Waals surface area contributed by atoms with E-state index in [9.17, 15) is 36.8 Å². The average Bonchev–Trinajstić information content (AvgIpc) is 2.81. The van der Waals surface area contributed by atoms with E-state index in [1.807, 2.05) is 4.72 Å². The zero-order valence-electron chi connectivity index (χ0n) is 18.5. The van der Waals surface area contributed by atoms with Gasteiger partial charge in [-0.15, -0.1) is 0 Å². The average molecular weight is 553 g/mol. The van der Waals surface area contributed by atoms with Crippen LogP contribution in [-0.4, -0.2) is 61.9 Å². The van der Waals surface area contributed by atoms with Gasteiger partial charge in [-0.1, -0.05) is 23.7 Å². The maximum Gasteiger partial charge on any atom is 0.422 e. The summed E-state index contributed by atoms with van der Waals surface area (Å²) in [4.78, 5) is 15.0. The van der Waals surface area contributed by atoms with Crippen LogP contribution in [0.5, 0.6) is 11.6 Å². The van der Waals surface area contributed by atoms with Crippen LogP contribution in [0, 0.1) is 11.3 Å². The first kappa shape index (κ1) is 28.9. The van der Waals surface area contributed by atoms with E-state index in [2.05, 4.69) is 4.98 Å². The van der Waals surface area contributed by atoms with Crippen molar-refractivity contribution in [2.75, 3.05) is 26.9 Å². The molecule has 1 heterocycles. The molecular weight excluding hydrogens is 533 g/mol. The third-order valence-electron chi connectivity index (χ3n) is 4.29. The molecule has 0 radical (unpaired) electrons. The highest BCUT2D eigenvalue weighted by Gasteiger charge is 2.32. The molecule has 36 heavy (non-hydrogen) atoms. The lowest BCUT2D eigenvalue weighted by Crippen LogP contribution is -2.46. The molecule has 2 aromatic rings. The topological polar surface area (TPSA) is 151 Å². The van der Waals surface area contributed by atoms with Gasteiger partial charge in [0.25, 0.3) is 0 Å². The second-order valence-electron chi connectivity index (χ2n) is 6.87. The van der Waals surface area contributed by atoms with Crippen LogP contribution >= 0.6 is 11.6 Å². The fraction of sp³-hybridized carbons (Fsp3) is 0.350. The van der Waals surface area contributed by atoms with Gasteiger partial charge in [-0.25, -0.2) is 9.78 Å². The second-order valence-corrected chi connectivity index (χ2v) is 8.96. The molecule has 2 rings (SSSR count). The molecule has 196 valence electrons. The van der Waals surface area contributed by atoms with Gasteiger partial charge in [-0.3, -0.25) is 0 Å². The Kier molecular flexibility index (Phi) is 10.1. The van der Waals surface area contributed by atoms with E-state index in [1.165, 1.54) is 31.4 Å². The predicted molar refractivity (Wildman–Crippen MR) is 119 cm³/mol. The van der Waals surface area contributed by atoms with Gasteiger partial charge in [-0.05, 0) is 23.8 Å². The fourth-order valence-electron chi connectivity index (χ4n) is 2.53. The summed E-state index contributed by atoms with van der Waals surface area (Å²) in [6, 6.07) is 8.08. The van der Waals surface area contributed by atoms with Gasteiger partial charge in [-0.2, -0.15) is 35.9 Å². The second kappa shape index (κ2) is 12.6. The minimum Gasteiger partial charge on any atom is -0.491 e. The highest BCUT2D eigenvalue weighted by molar-refractivity contribution is 7.87. The number of amides is 1. The number of aromatic nitrogens is 1. The number of nitrogens with one attached hydrogen (secondary N) is 1. The summed E-state index contributed by atoms with van der Waals surface area (Å²) < 4.78 is 80.7. The molecule has 11 nitrogen and oxygen atoms in total. The maximum absolute atomic E-state index is 12.7. The number of pyridine rings is 1. The first-order valence-electron chi connectivity index (χ1n) is 9.87. The van der Waals surface area contributed by atoms with Crippen LogP contribution < -0.4 is 14.2 Å². The number of halogens is 4. The smallest absolute Gasteiger partial charge is 0.422 e. The van der Waals surface area contributed by atoms with E-state index in [0.29, 0.717) is 30.2 Å². The molecule has 1 aromatic carbocycles. The van der Waals surface area contributed by atoms with E-state index < -0.39 is 58.1 Å². The van der Waals surface area contributed by atoms with Gasteiger partial charge in [0.15, 0.2) is 6.10 Å². The van der Waals surface area contributed by atoms with Crippen molar-refractivity contribution in [1.29, 1.82) is 5.26 Å². The monoisotopic (exact) mass is 552 g/mol. The number of carboxylic acid groups (broad SMARTS) is 1. The molecule has 0 aliphatic rings. The van der Waals surface area contributed by atoms with E-state index >= 15 is 0 Å². The highest BCUT2D eigenvalue weighted by Crippen LogP contribution is 2.33. The Hall–Kier alpha value is -3.32. The van der Waals surface area contributed by atoms with Crippen LogP contribution in [0.4, 0.5) is 18.0 Å². The summed E-state index contributed by atoms with van der Waals surface area (Å²) in [5.41, 5.74) is -0.837. The SMILES string of the molecule is COCCOc1ccc(CN(C(=O)O)S(=O)(=O)NCC(C#N)Oc2ncc(C(F)(F)F)cc2Cl)cc1. The largest absolute Gasteiger partial charge is 0.491 e. The van der Waals surface area contributed by atoms with Gasteiger partial charge < -0.3 is 19.3 Å². The van der Waals surface area contributed by atoms with Crippen LogP contribution in [0.3, 0.4) is 0 Å². The van der Waals surface area contributed by atoms with Crippen molar-refractivity contribution in [3.8, 4) is 17.7 Å². The van der Waals surface area contributed by atoms with Crippen molar-refractivity contribution in [2.24, 2.45) is 0 Å². The van der Waals surface area contributed by atoms with Crippen molar-refractivity contribution in [3.63, 3.8) is 0 Å². The number of carbonyl (C=O) groups is 1. The summed E-state index contributed by atoms with van der Waals surface area (Å²) in [6.07, 6.45) is -7.68. The van der Waals surface area contributed by atoms with Crippen LogP contribution in [0.25, 0.3) is 0 Å². The summed E-state index contributed by atoms with van der Waals surface area (Å²) in [5.74, 6) is -0.0819. The molecule has 0 bridgehead atoms. The lowest BCUT2D eigenvalue weighted by Gasteiger charge is -2.21. The van der Waals surface area contributed by atoms with Crippen LogP contribution in [-0.2, 0) is 27.7 Å². The fourth-order valence-corrected chi connectivity index (χ4v) is 3.78. The molecular formula is C20H20ClF3N4O7S. The quantitative estimate of drug-likeness (QED) is 0.378. The van der Waals surface area contributed by atoms with E-state index in [0.717, 1.165) is 0 Å². The Morgan fingerprint density at radius 2 is 1.97 bits per heavy atom. The van der Waals surface area contributed by atoms with Crippen molar-refractivity contribution in [2.45, 2.75) is 18.8 Å². The van der Waals surface area contributed by atoms with E-state index in [4.69, 9.17) is 25.8 Å². The number of nitriles is 1. The Labute approximate surface area is 209 Å². The molecule has 1 atom stereocenters. The zero-order chi connectivity index (χ0) is 26.9. The third kappa shape index (κ3) is 8.41. The van der Waals surface area contributed by atoms with Crippen LogP contribution in [0.2, 0.25) is 5.02 Å². The van der Waals surface area contributed by atoms with Crippen molar-refractivity contribution < 1.29 is 45.7 Å². The maximum atomic E-state index is 12.7. The van der Waals surface area contributed by atoms with E-state index in [1.54, 1.807) is 6.07 Å². The Morgan fingerprint density at radius 3 is 2.50 bits per heavy atom. The van der Waals surface area contributed by atoms with Gasteiger partial charge in [0, 0.05) is 13.3 Å². The number of methoxy groups -OCH3 is 1. The van der Waals surface area contributed by atoms with Gasteiger partial charge in [0.1, 0.15) is 23.4 Å². The zero-order valence-corrected chi connectivity index (χ0v) is 20.1. The van der Waals surface area contributed by atoms with Gasteiger partial charge >= 0.3 is 22.5 Å². The van der Waals surface area contributed by atoms with Crippen molar-refractivity contribution in [3.05, 3.63) is 52.7 Å². The van der Waals surface area contributed by atoms with Crippen molar-refractivity contribution >= 4 is 27.9 Å². The molecule has 0 spiro atoms. The number of hydrogen-bond acceptors (Lipinski definition) is 8. The molecule has 1 amide bonds. The summed E-state index contributed by atoms with van der Waals surface area (Å²) in [6.45, 7) is -0.682. The molecule has 0 aliphatic carbocycles. The molecule has 2 N–H and O–H groups in total. The molecule has 0 fully saturated rings. The third-order valence-corrected chi connectivity index (χ3v) is 5.96. The highest BCUT2D eigenvalue weighted by atomic mass is 35.5. The van der Waals surface area contributed by atoms with Crippen molar-refractivity contribution in [1.82, 2.24) is 14.0 Å². The number of ether oxygens (including phenoxy) is 3. The van der Waals surface area contributed by atoms with Crippen LogP contribution in [0.15, 0.2) is 36.5 Å². The molecule has 16 heteroatoms. The minimum atomic E-state index is -4.71. The lowest BCUT2D eigenvalue weighted by molar-refractivity contribution is -0.137. The minimum absolute atomic E-state index is 0.103. The number of benzene rings is 1. The lowest BCUT2D eigenvalue weighted by atomic mass is 10.2. The molecule has 1 aromatic heterocycles. The molecule has 0 saturated carbocycles. The van der Waals surface area contributed by atoms with Crippen LogP contribution in [0.1, 0.15) is 11.1 Å². The summed E-state index contributed by atoms with van der Waals surface area (Å²) in [5, 5.41) is 18.1. The predicted octanol–water partition coefficient (Wildman–Crippen LogP) is 3.06. The Morgan fingerprint density at radius 1 is 1.31 bits per heavy atom. The van der Waals surface area contributed by atoms with Gasteiger partial charge in [0.2, 0.25) is 5.88 Å². The first-order valence-corrected chi connectivity index (χ1v) is 11.7. The standard InChI is InChI=1S/C20H20ClF3N4O7S/c1-33-6-7-34-15-4-2-13(3-5-15)12-28(19(29)30)36(31,32)27-11-16(9-25)35-18-17(21)8-14(10-26-18)20(22,23)24/h2-5,8,10,16,27H,6-7,11-12H2,1H3,(H,29,30). The van der Waals surface area contributed by atoms with E-state index in [-0.39, 0.29) is 10.9 Å². The summed E-state index contributed by atoms with van der Waals surface area (Å²) >= 11 is 5.72. The molecule has 0 aliphatic heterocycles.